The normalized spacial score (nSPS) is 11.0. The number of para-hydroxylation sites is 1. The highest BCUT2D eigenvalue weighted by molar-refractivity contribution is 6.09. The smallest absolute Gasteiger partial charge is 0.238 e. The molecule has 0 spiro atoms. The number of hydrogen-bond donors (Lipinski definition) is 0. The van der Waals surface area contributed by atoms with Crippen molar-refractivity contribution in [3.8, 4) is 34.8 Å². The van der Waals surface area contributed by atoms with Gasteiger partial charge in [0.2, 0.25) is 5.95 Å². The van der Waals surface area contributed by atoms with Crippen LogP contribution in [-0.4, -0.2) is 19.5 Å². The first-order valence-electron chi connectivity index (χ1n) is 10.6. The fourth-order valence-electron chi connectivity index (χ4n) is 4.16. The fraction of sp³-hybridized carbons (Fsp3) is 0. The van der Waals surface area contributed by atoms with Crippen LogP contribution < -0.4 is 0 Å². The molecule has 0 fully saturated rings. The third-order valence-corrected chi connectivity index (χ3v) is 5.69. The van der Waals surface area contributed by atoms with Crippen molar-refractivity contribution in [2.24, 2.45) is 0 Å². The van der Waals surface area contributed by atoms with Crippen molar-refractivity contribution in [1.29, 1.82) is 5.26 Å². The Morgan fingerprint density at radius 1 is 0.576 bits per heavy atom. The van der Waals surface area contributed by atoms with Gasteiger partial charge in [-0.3, -0.25) is 4.57 Å². The van der Waals surface area contributed by atoms with Crippen molar-refractivity contribution in [3.63, 3.8) is 0 Å². The zero-order chi connectivity index (χ0) is 22.2. The molecule has 0 saturated carbocycles. The molecule has 2 heterocycles. The van der Waals surface area contributed by atoms with E-state index in [4.69, 9.17) is 15.0 Å². The Hall–Kier alpha value is -4.82. The van der Waals surface area contributed by atoms with Crippen LogP contribution in [0.15, 0.2) is 103 Å². The zero-order valence-electron chi connectivity index (χ0n) is 17.6. The maximum atomic E-state index is 9.43. The summed E-state index contributed by atoms with van der Waals surface area (Å²) in [4.78, 5) is 14.6. The number of hydrogen-bond acceptors (Lipinski definition) is 4. The molecule has 0 aliphatic heterocycles. The number of nitrogens with zero attached hydrogens (tertiary/aromatic N) is 5. The van der Waals surface area contributed by atoms with E-state index < -0.39 is 0 Å². The number of fused-ring (bicyclic) bond motifs is 3. The van der Waals surface area contributed by atoms with Crippen LogP contribution in [0.3, 0.4) is 0 Å². The molecule has 4 aromatic carbocycles. The van der Waals surface area contributed by atoms with Crippen molar-refractivity contribution >= 4 is 21.8 Å². The maximum Gasteiger partial charge on any atom is 0.238 e. The molecule has 2 aromatic heterocycles. The second kappa shape index (κ2) is 7.70. The maximum absolute atomic E-state index is 9.43. The molecule has 33 heavy (non-hydrogen) atoms. The average Bonchev–Trinajstić information content (AvgIpc) is 3.23. The summed E-state index contributed by atoms with van der Waals surface area (Å²) in [6.07, 6.45) is 0. The number of rotatable bonds is 3. The molecule has 0 aliphatic carbocycles. The van der Waals surface area contributed by atoms with Gasteiger partial charge in [-0.1, -0.05) is 78.9 Å². The Balaban J connectivity index is 1.69. The lowest BCUT2D eigenvalue weighted by Gasteiger charge is -2.10. The Bertz CT molecular complexity index is 1600. The van der Waals surface area contributed by atoms with E-state index in [9.17, 15) is 5.26 Å². The minimum Gasteiger partial charge on any atom is -0.278 e. The lowest BCUT2D eigenvalue weighted by Crippen LogP contribution is -2.06. The third kappa shape index (κ3) is 3.22. The number of aromatic nitrogens is 4. The predicted molar refractivity (Wildman–Crippen MR) is 130 cm³/mol. The molecule has 5 nitrogen and oxygen atoms in total. The molecule has 0 radical (unpaired) electrons. The first-order chi connectivity index (χ1) is 16.3. The summed E-state index contributed by atoms with van der Waals surface area (Å²) in [6, 6.07) is 35.9. The predicted octanol–water partition coefficient (Wildman–Crippen LogP) is 6.17. The first-order valence-corrected chi connectivity index (χ1v) is 10.6. The Morgan fingerprint density at radius 3 is 1.79 bits per heavy atom. The van der Waals surface area contributed by atoms with Gasteiger partial charge >= 0.3 is 0 Å². The van der Waals surface area contributed by atoms with Gasteiger partial charge in [-0.25, -0.2) is 4.98 Å². The zero-order valence-corrected chi connectivity index (χ0v) is 17.6. The van der Waals surface area contributed by atoms with Gasteiger partial charge in [0.1, 0.15) is 0 Å². The minimum atomic E-state index is 0.540. The molecule has 0 N–H and O–H groups in total. The summed E-state index contributed by atoms with van der Waals surface area (Å²) in [7, 11) is 0. The van der Waals surface area contributed by atoms with Crippen molar-refractivity contribution < 1.29 is 0 Å². The van der Waals surface area contributed by atoms with E-state index in [2.05, 4.69) is 18.2 Å². The van der Waals surface area contributed by atoms with Crippen LogP contribution in [0.4, 0.5) is 0 Å². The Labute approximate surface area is 190 Å². The topological polar surface area (TPSA) is 67.4 Å². The van der Waals surface area contributed by atoms with E-state index in [-0.39, 0.29) is 0 Å². The summed E-state index contributed by atoms with van der Waals surface area (Å²) in [6.45, 7) is 0. The number of benzene rings is 4. The molecule has 5 heteroatoms. The van der Waals surface area contributed by atoms with Crippen LogP contribution in [0.5, 0.6) is 0 Å². The molecule has 154 valence electrons. The second-order valence-electron chi connectivity index (χ2n) is 7.71. The van der Waals surface area contributed by atoms with E-state index in [0.717, 1.165) is 32.9 Å². The van der Waals surface area contributed by atoms with E-state index in [0.29, 0.717) is 23.2 Å². The van der Waals surface area contributed by atoms with Crippen LogP contribution >= 0.6 is 0 Å². The first kappa shape index (κ1) is 18.9. The average molecular weight is 423 g/mol. The van der Waals surface area contributed by atoms with Crippen molar-refractivity contribution in [3.05, 3.63) is 109 Å². The quantitative estimate of drug-likeness (QED) is 0.341. The van der Waals surface area contributed by atoms with Crippen LogP contribution in [-0.2, 0) is 0 Å². The van der Waals surface area contributed by atoms with E-state index in [1.54, 1.807) is 0 Å². The summed E-state index contributed by atoms with van der Waals surface area (Å²) in [5, 5.41) is 11.5. The SMILES string of the molecule is N#Cc1ccc2c(c1)c1ccccc1n2-c1nc(-c2ccccc2)nc(-c2ccccc2)n1. The van der Waals surface area contributed by atoms with Gasteiger partial charge in [0.15, 0.2) is 11.6 Å². The van der Waals surface area contributed by atoms with Crippen LogP contribution in [0, 0.1) is 11.3 Å². The minimum absolute atomic E-state index is 0.540. The van der Waals surface area contributed by atoms with Gasteiger partial charge in [0, 0.05) is 21.9 Å². The Morgan fingerprint density at radius 2 is 1.15 bits per heavy atom. The monoisotopic (exact) mass is 423 g/mol. The lowest BCUT2D eigenvalue weighted by atomic mass is 10.1. The summed E-state index contributed by atoms with van der Waals surface area (Å²) in [5.74, 6) is 1.76. The van der Waals surface area contributed by atoms with Gasteiger partial charge in [-0.15, -0.1) is 0 Å². The van der Waals surface area contributed by atoms with E-state index >= 15 is 0 Å². The largest absolute Gasteiger partial charge is 0.278 e. The molecule has 0 bridgehead atoms. The third-order valence-electron chi connectivity index (χ3n) is 5.69. The summed E-state index contributed by atoms with van der Waals surface area (Å²) < 4.78 is 2.05. The summed E-state index contributed by atoms with van der Waals surface area (Å²) in [5.41, 5.74) is 4.39. The highest BCUT2D eigenvalue weighted by Crippen LogP contribution is 2.32. The molecule has 6 rings (SSSR count). The fourth-order valence-corrected chi connectivity index (χ4v) is 4.16. The lowest BCUT2D eigenvalue weighted by molar-refractivity contribution is 0.953. The van der Waals surface area contributed by atoms with Gasteiger partial charge in [0.05, 0.1) is 22.7 Å². The molecule has 0 amide bonds. The standard InChI is InChI=1S/C28H17N5/c29-18-19-15-16-25-23(17-19)22-13-7-8-14-24(22)33(25)28-31-26(20-9-3-1-4-10-20)30-27(32-28)21-11-5-2-6-12-21/h1-17H. The van der Waals surface area contributed by atoms with Crippen LogP contribution in [0.25, 0.3) is 50.5 Å². The molecule has 6 aromatic rings. The molecule has 0 aliphatic rings. The van der Waals surface area contributed by atoms with Crippen LogP contribution in [0.2, 0.25) is 0 Å². The highest BCUT2D eigenvalue weighted by atomic mass is 15.2. The number of nitriles is 1. The van der Waals surface area contributed by atoms with Gasteiger partial charge in [-0.2, -0.15) is 15.2 Å². The van der Waals surface area contributed by atoms with Gasteiger partial charge in [-0.05, 0) is 24.3 Å². The van der Waals surface area contributed by atoms with Crippen molar-refractivity contribution in [2.75, 3.05) is 0 Å². The Kier molecular flexibility index (Phi) is 4.41. The molecular weight excluding hydrogens is 406 g/mol. The van der Waals surface area contributed by atoms with Crippen molar-refractivity contribution in [1.82, 2.24) is 19.5 Å². The molecule has 0 unspecified atom stereocenters. The molecular formula is C28H17N5. The van der Waals surface area contributed by atoms with Gasteiger partial charge < -0.3 is 0 Å². The summed E-state index contributed by atoms with van der Waals surface area (Å²) >= 11 is 0. The molecule has 0 atom stereocenters. The van der Waals surface area contributed by atoms with Crippen molar-refractivity contribution in [2.45, 2.75) is 0 Å². The highest BCUT2D eigenvalue weighted by Gasteiger charge is 2.17. The second-order valence-corrected chi connectivity index (χ2v) is 7.71. The molecule has 0 saturated heterocycles. The van der Waals surface area contributed by atoms with E-state index in [1.807, 2.05) is 95.6 Å². The van der Waals surface area contributed by atoms with Gasteiger partial charge in [0.25, 0.3) is 0 Å². The van der Waals surface area contributed by atoms with Crippen LogP contribution in [0.1, 0.15) is 5.56 Å². The van der Waals surface area contributed by atoms with E-state index in [1.165, 1.54) is 0 Å².